The first-order valence-electron chi connectivity index (χ1n) is 6.03. The fraction of sp³-hybridized carbons (Fsp3) is 0.133. The van der Waals surface area contributed by atoms with Gasteiger partial charge in [-0.25, -0.2) is 4.39 Å². The lowest BCUT2D eigenvalue weighted by Crippen LogP contribution is -2.28. The molecular weight excluding hydrogens is 325 g/mol. The zero-order valence-corrected chi connectivity index (χ0v) is 12.2. The molecule has 0 aliphatic heterocycles. The van der Waals surface area contributed by atoms with Crippen LogP contribution in [-0.4, -0.2) is 12.5 Å². The van der Waals surface area contributed by atoms with Crippen LogP contribution in [-0.2, 0) is 11.3 Å². The van der Waals surface area contributed by atoms with Gasteiger partial charge in [-0.1, -0.05) is 40.2 Å². The Labute approximate surface area is 124 Å². The van der Waals surface area contributed by atoms with Gasteiger partial charge in [-0.15, -0.1) is 0 Å². The van der Waals surface area contributed by atoms with Gasteiger partial charge in [-0.2, -0.15) is 0 Å². The zero-order valence-electron chi connectivity index (χ0n) is 10.6. The van der Waals surface area contributed by atoms with Crippen LogP contribution in [0.1, 0.15) is 5.56 Å². The smallest absolute Gasteiger partial charge is 0.258 e. The summed E-state index contributed by atoms with van der Waals surface area (Å²) in [5, 5.41) is 2.71. The molecule has 104 valence electrons. The minimum Gasteiger partial charge on any atom is -0.481 e. The number of para-hydroxylation sites is 1. The maximum Gasteiger partial charge on any atom is 0.258 e. The topological polar surface area (TPSA) is 38.3 Å². The molecule has 0 saturated carbocycles. The Hall–Kier alpha value is -1.88. The SMILES string of the molecule is O=C(COc1ccccc1F)NCc1ccc(Br)cc1. The van der Waals surface area contributed by atoms with Crippen LogP contribution in [0, 0.1) is 5.82 Å². The highest BCUT2D eigenvalue weighted by molar-refractivity contribution is 9.10. The second kappa shape index (κ2) is 7.05. The van der Waals surface area contributed by atoms with Gasteiger partial charge in [0.05, 0.1) is 0 Å². The molecule has 20 heavy (non-hydrogen) atoms. The first-order chi connectivity index (χ1) is 9.65. The molecule has 3 nitrogen and oxygen atoms in total. The molecular formula is C15H13BrFNO2. The number of halogens is 2. The van der Waals surface area contributed by atoms with Crippen LogP contribution in [0.2, 0.25) is 0 Å². The number of carbonyl (C=O) groups excluding carboxylic acids is 1. The Kier molecular flexibility index (Phi) is 5.12. The van der Waals surface area contributed by atoms with Crippen molar-refractivity contribution in [2.24, 2.45) is 0 Å². The highest BCUT2D eigenvalue weighted by Gasteiger charge is 2.06. The van der Waals surface area contributed by atoms with Gasteiger partial charge >= 0.3 is 0 Å². The van der Waals surface area contributed by atoms with Gasteiger partial charge in [0.1, 0.15) is 0 Å². The minimum atomic E-state index is -0.479. The fourth-order valence-electron chi connectivity index (χ4n) is 1.56. The van der Waals surface area contributed by atoms with Crippen molar-refractivity contribution in [2.45, 2.75) is 6.54 Å². The summed E-state index contributed by atoms with van der Waals surface area (Å²) in [6.45, 7) is 0.199. The average Bonchev–Trinajstić information content (AvgIpc) is 2.46. The molecule has 0 aromatic heterocycles. The monoisotopic (exact) mass is 337 g/mol. The number of ether oxygens (including phenoxy) is 1. The van der Waals surface area contributed by atoms with Crippen LogP contribution < -0.4 is 10.1 Å². The summed E-state index contributed by atoms with van der Waals surface area (Å²) >= 11 is 3.34. The van der Waals surface area contributed by atoms with E-state index in [4.69, 9.17) is 4.74 Å². The first-order valence-corrected chi connectivity index (χ1v) is 6.83. The molecule has 2 aromatic rings. The molecule has 0 saturated heterocycles. The Morgan fingerprint density at radius 1 is 1.15 bits per heavy atom. The molecule has 1 N–H and O–H groups in total. The van der Waals surface area contributed by atoms with Crippen molar-refractivity contribution in [1.82, 2.24) is 5.32 Å². The first kappa shape index (κ1) is 14.5. The van der Waals surface area contributed by atoms with Gasteiger partial charge in [0, 0.05) is 11.0 Å². The van der Waals surface area contributed by atoms with Gasteiger partial charge in [-0.05, 0) is 29.8 Å². The van der Waals surface area contributed by atoms with E-state index in [0.717, 1.165) is 10.0 Å². The molecule has 0 fully saturated rings. The van der Waals surface area contributed by atoms with Gasteiger partial charge in [0.15, 0.2) is 18.2 Å². The van der Waals surface area contributed by atoms with Crippen LogP contribution in [0.3, 0.4) is 0 Å². The lowest BCUT2D eigenvalue weighted by Gasteiger charge is -2.08. The van der Waals surface area contributed by atoms with Crippen molar-refractivity contribution in [1.29, 1.82) is 0 Å². The molecule has 0 aliphatic carbocycles. The molecule has 5 heteroatoms. The quantitative estimate of drug-likeness (QED) is 0.909. The van der Waals surface area contributed by atoms with Crippen LogP contribution in [0.4, 0.5) is 4.39 Å². The molecule has 0 spiro atoms. The predicted molar refractivity (Wildman–Crippen MR) is 77.9 cm³/mol. The third kappa shape index (κ3) is 4.35. The van der Waals surface area contributed by atoms with E-state index in [0.29, 0.717) is 6.54 Å². The second-order valence-corrected chi connectivity index (χ2v) is 5.04. The summed E-state index contributed by atoms with van der Waals surface area (Å²) in [5.41, 5.74) is 0.979. The Morgan fingerprint density at radius 2 is 1.85 bits per heavy atom. The Morgan fingerprint density at radius 3 is 2.55 bits per heavy atom. The fourth-order valence-corrected chi connectivity index (χ4v) is 1.82. The Bertz CT molecular complexity index is 587. The van der Waals surface area contributed by atoms with Crippen molar-refractivity contribution in [3.8, 4) is 5.75 Å². The summed E-state index contributed by atoms with van der Waals surface area (Å²) < 4.78 is 19.4. The van der Waals surface area contributed by atoms with Gasteiger partial charge in [-0.3, -0.25) is 4.79 Å². The molecule has 2 rings (SSSR count). The van der Waals surface area contributed by atoms with Gasteiger partial charge < -0.3 is 10.1 Å². The number of benzene rings is 2. The summed E-state index contributed by atoms with van der Waals surface area (Å²) in [5.74, 6) is -0.698. The summed E-state index contributed by atoms with van der Waals surface area (Å²) in [4.78, 5) is 11.6. The van der Waals surface area contributed by atoms with E-state index in [-0.39, 0.29) is 18.3 Å². The normalized spacial score (nSPS) is 10.1. The maximum absolute atomic E-state index is 13.3. The van der Waals surface area contributed by atoms with Gasteiger partial charge in [0.25, 0.3) is 5.91 Å². The minimum absolute atomic E-state index is 0.0753. The number of amides is 1. The van der Waals surface area contributed by atoms with Crippen LogP contribution in [0.25, 0.3) is 0 Å². The molecule has 1 amide bonds. The van der Waals surface area contributed by atoms with Crippen molar-refractivity contribution in [2.75, 3.05) is 6.61 Å². The number of hydrogen-bond acceptors (Lipinski definition) is 2. The van der Waals surface area contributed by atoms with Crippen molar-refractivity contribution >= 4 is 21.8 Å². The van der Waals surface area contributed by atoms with E-state index in [1.165, 1.54) is 12.1 Å². The zero-order chi connectivity index (χ0) is 14.4. The van der Waals surface area contributed by atoms with Crippen LogP contribution >= 0.6 is 15.9 Å². The summed E-state index contributed by atoms with van der Waals surface area (Å²) in [6, 6.07) is 13.6. The van der Waals surface area contributed by atoms with Crippen molar-refractivity contribution in [3.63, 3.8) is 0 Å². The highest BCUT2D eigenvalue weighted by atomic mass is 79.9. The van der Waals surface area contributed by atoms with E-state index in [1.54, 1.807) is 12.1 Å². The number of nitrogens with one attached hydrogen (secondary N) is 1. The number of hydrogen-bond donors (Lipinski definition) is 1. The van der Waals surface area contributed by atoms with E-state index < -0.39 is 5.82 Å². The third-order valence-corrected chi connectivity index (χ3v) is 3.13. The van der Waals surface area contributed by atoms with E-state index >= 15 is 0 Å². The standard InChI is InChI=1S/C15H13BrFNO2/c16-12-7-5-11(6-8-12)9-18-15(19)10-20-14-4-2-1-3-13(14)17/h1-8H,9-10H2,(H,18,19). The second-order valence-electron chi connectivity index (χ2n) is 4.12. The van der Waals surface area contributed by atoms with Gasteiger partial charge in [0.2, 0.25) is 0 Å². The van der Waals surface area contributed by atoms with E-state index in [2.05, 4.69) is 21.2 Å². The van der Waals surface area contributed by atoms with Crippen molar-refractivity contribution in [3.05, 3.63) is 64.4 Å². The lowest BCUT2D eigenvalue weighted by atomic mass is 10.2. The molecule has 0 unspecified atom stereocenters. The number of carbonyl (C=O) groups is 1. The molecule has 0 aliphatic rings. The third-order valence-electron chi connectivity index (χ3n) is 2.60. The van der Waals surface area contributed by atoms with Crippen LogP contribution in [0.15, 0.2) is 53.0 Å². The molecule has 0 bridgehead atoms. The summed E-state index contributed by atoms with van der Waals surface area (Å²) in [7, 11) is 0. The highest BCUT2D eigenvalue weighted by Crippen LogP contribution is 2.15. The molecule has 0 radical (unpaired) electrons. The number of rotatable bonds is 5. The largest absolute Gasteiger partial charge is 0.481 e. The molecule has 0 atom stereocenters. The van der Waals surface area contributed by atoms with Crippen molar-refractivity contribution < 1.29 is 13.9 Å². The maximum atomic E-state index is 13.3. The van der Waals surface area contributed by atoms with Crippen LogP contribution in [0.5, 0.6) is 5.75 Å². The molecule has 0 heterocycles. The predicted octanol–water partition coefficient (Wildman–Crippen LogP) is 3.28. The van der Waals surface area contributed by atoms with E-state index in [1.807, 2.05) is 24.3 Å². The summed E-state index contributed by atoms with van der Waals surface area (Å²) in [6.07, 6.45) is 0. The average molecular weight is 338 g/mol. The van der Waals surface area contributed by atoms with E-state index in [9.17, 15) is 9.18 Å². The Balaban J connectivity index is 1.78. The lowest BCUT2D eigenvalue weighted by molar-refractivity contribution is -0.123. The molecule has 2 aromatic carbocycles.